The Bertz CT molecular complexity index is 798. The van der Waals surface area contributed by atoms with E-state index in [9.17, 15) is 0 Å². The van der Waals surface area contributed by atoms with Crippen molar-refractivity contribution in [3.8, 4) is 23.3 Å². The molecule has 0 amide bonds. The molecule has 2 aromatic heterocycles. The van der Waals surface area contributed by atoms with Gasteiger partial charge in [-0.05, 0) is 18.2 Å². The molecule has 6 nitrogen and oxygen atoms in total. The van der Waals surface area contributed by atoms with Crippen molar-refractivity contribution in [1.29, 1.82) is 5.26 Å². The van der Waals surface area contributed by atoms with Crippen LogP contribution in [-0.2, 0) is 0 Å². The Labute approximate surface area is 114 Å². The van der Waals surface area contributed by atoms with E-state index in [1.807, 2.05) is 30.3 Å². The normalized spacial score (nSPS) is 10.4. The monoisotopic (exact) mass is 265 g/mol. The van der Waals surface area contributed by atoms with E-state index in [2.05, 4.69) is 15.0 Å². The van der Waals surface area contributed by atoms with E-state index in [-0.39, 0.29) is 11.7 Å². The summed E-state index contributed by atoms with van der Waals surface area (Å²) in [4.78, 5) is 11.7. The average molecular weight is 265 g/mol. The smallest absolute Gasteiger partial charge is 0.233 e. The van der Waals surface area contributed by atoms with Gasteiger partial charge in [-0.3, -0.25) is 0 Å². The molecule has 0 saturated carbocycles. The number of nitrogens with one attached hydrogen (secondary N) is 1. The van der Waals surface area contributed by atoms with E-state index in [1.165, 1.54) is 7.11 Å². The van der Waals surface area contributed by atoms with Crippen LogP contribution in [0.2, 0.25) is 0 Å². The quantitative estimate of drug-likeness (QED) is 0.738. The minimum absolute atomic E-state index is 0.213. The number of rotatable bonds is 2. The van der Waals surface area contributed by atoms with E-state index in [1.54, 1.807) is 6.07 Å². The Balaban J connectivity index is 2.21. The van der Waals surface area contributed by atoms with Gasteiger partial charge in [0.25, 0.3) is 0 Å². The highest BCUT2D eigenvalue weighted by Gasteiger charge is 2.14. The number of benzene rings is 1. The number of para-hydroxylation sites is 2. The van der Waals surface area contributed by atoms with E-state index in [4.69, 9.17) is 15.7 Å². The number of aromatic nitrogens is 3. The van der Waals surface area contributed by atoms with Crippen LogP contribution in [0.4, 0.5) is 5.82 Å². The van der Waals surface area contributed by atoms with Gasteiger partial charge in [0.1, 0.15) is 23.3 Å². The summed E-state index contributed by atoms with van der Waals surface area (Å²) in [6, 6.07) is 11.3. The second kappa shape index (κ2) is 4.55. The molecule has 0 aliphatic heterocycles. The lowest BCUT2D eigenvalue weighted by Gasteiger charge is -2.06. The first-order valence-corrected chi connectivity index (χ1v) is 5.92. The number of hydrogen-bond donors (Lipinski definition) is 2. The molecule has 1 aromatic carbocycles. The van der Waals surface area contributed by atoms with Crippen molar-refractivity contribution < 1.29 is 4.74 Å². The number of pyridine rings is 1. The highest BCUT2D eigenvalue weighted by Crippen LogP contribution is 2.28. The van der Waals surface area contributed by atoms with Crippen molar-refractivity contribution in [2.75, 3.05) is 12.8 Å². The molecule has 0 aliphatic carbocycles. The van der Waals surface area contributed by atoms with Crippen LogP contribution in [0, 0.1) is 11.3 Å². The van der Waals surface area contributed by atoms with Crippen molar-refractivity contribution in [2.45, 2.75) is 0 Å². The summed E-state index contributed by atoms with van der Waals surface area (Å²) in [5.74, 6) is 1.06. The fourth-order valence-corrected chi connectivity index (χ4v) is 2.02. The number of methoxy groups -OCH3 is 1. The Kier molecular flexibility index (Phi) is 2.73. The molecule has 0 bridgehead atoms. The number of nitrogen functional groups attached to an aromatic ring is 1. The molecule has 0 aliphatic rings. The highest BCUT2D eigenvalue weighted by molar-refractivity contribution is 5.82. The summed E-state index contributed by atoms with van der Waals surface area (Å²) in [6.45, 7) is 0. The molecule has 98 valence electrons. The van der Waals surface area contributed by atoms with Crippen molar-refractivity contribution >= 4 is 16.9 Å². The predicted octanol–water partition coefficient (Wildman–Crippen LogP) is 2.09. The molecule has 20 heavy (non-hydrogen) atoms. The molecular formula is C14H11N5O. The molecule has 2 heterocycles. The number of H-pyrrole nitrogens is 1. The third kappa shape index (κ3) is 1.82. The number of nitrogens with two attached hydrogens (primary N) is 1. The molecule has 0 fully saturated rings. The first-order valence-electron chi connectivity index (χ1n) is 5.92. The Hall–Kier alpha value is -3.07. The third-order valence-corrected chi connectivity index (χ3v) is 2.98. The highest BCUT2D eigenvalue weighted by atomic mass is 16.5. The van der Waals surface area contributed by atoms with Gasteiger partial charge >= 0.3 is 0 Å². The van der Waals surface area contributed by atoms with Crippen LogP contribution in [0.15, 0.2) is 30.3 Å². The first-order chi connectivity index (χ1) is 9.72. The lowest BCUT2D eigenvalue weighted by molar-refractivity contribution is 0.397. The van der Waals surface area contributed by atoms with Crippen LogP contribution in [0.5, 0.6) is 5.88 Å². The molecule has 3 rings (SSSR count). The number of hydrogen-bond acceptors (Lipinski definition) is 5. The Morgan fingerprint density at radius 1 is 1.30 bits per heavy atom. The standard InChI is InChI=1S/C14H11N5O/c1-20-14-8(7-15)6-9(12(16)19-14)13-17-10-4-2-3-5-11(10)18-13/h2-6H,1H3,(H2,16,19)(H,17,18). The van der Waals surface area contributed by atoms with E-state index in [0.717, 1.165) is 11.0 Å². The molecule has 0 unspecified atom stereocenters. The summed E-state index contributed by atoms with van der Waals surface area (Å²) in [7, 11) is 1.45. The van der Waals surface area contributed by atoms with Gasteiger partial charge < -0.3 is 15.5 Å². The minimum atomic E-state index is 0.213. The van der Waals surface area contributed by atoms with Crippen molar-refractivity contribution in [3.05, 3.63) is 35.9 Å². The molecule has 0 saturated heterocycles. The predicted molar refractivity (Wildman–Crippen MR) is 75.0 cm³/mol. The van der Waals surface area contributed by atoms with Crippen LogP contribution in [0.25, 0.3) is 22.4 Å². The number of fused-ring (bicyclic) bond motifs is 1. The first kappa shape index (κ1) is 12.0. The number of ether oxygens (including phenoxy) is 1. The lowest BCUT2D eigenvalue weighted by Crippen LogP contribution is -2.00. The molecular weight excluding hydrogens is 254 g/mol. The number of imidazole rings is 1. The van der Waals surface area contributed by atoms with Gasteiger partial charge in [-0.15, -0.1) is 0 Å². The largest absolute Gasteiger partial charge is 0.480 e. The number of anilines is 1. The van der Waals surface area contributed by atoms with Gasteiger partial charge in [-0.2, -0.15) is 10.2 Å². The van der Waals surface area contributed by atoms with Crippen LogP contribution in [-0.4, -0.2) is 22.1 Å². The van der Waals surface area contributed by atoms with Crippen molar-refractivity contribution in [3.63, 3.8) is 0 Å². The molecule has 0 radical (unpaired) electrons. The number of nitriles is 1. The molecule has 3 N–H and O–H groups in total. The summed E-state index contributed by atoms with van der Waals surface area (Å²) >= 11 is 0. The molecule has 0 atom stereocenters. The zero-order valence-corrected chi connectivity index (χ0v) is 10.7. The van der Waals surface area contributed by atoms with Gasteiger partial charge in [-0.1, -0.05) is 12.1 Å². The molecule has 6 heteroatoms. The summed E-state index contributed by atoms with van der Waals surface area (Å²) in [5.41, 5.74) is 8.54. The van der Waals surface area contributed by atoms with Gasteiger partial charge in [0.2, 0.25) is 5.88 Å². The molecule has 3 aromatic rings. The Morgan fingerprint density at radius 2 is 2.10 bits per heavy atom. The second-order valence-electron chi connectivity index (χ2n) is 4.19. The summed E-state index contributed by atoms with van der Waals surface area (Å²) in [6.07, 6.45) is 0. The Morgan fingerprint density at radius 3 is 2.80 bits per heavy atom. The zero-order chi connectivity index (χ0) is 14.1. The van der Waals surface area contributed by atoms with E-state index >= 15 is 0 Å². The van der Waals surface area contributed by atoms with E-state index in [0.29, 0.717) is 17.0 Å². The average Bonchev–Trinajstić information content (AvgIpc) is 2.90. The minimum Gasteiger partial charge on any atom is -0.480 e. The van der Waals surface area contributed by atoms with E-state index < -0.39 is 0 Å². The number of nitrogens with zero attached hydrogens (tertiary/aromatic N) is 3. The van der Waals surface area contributed by atoms with Gasteiger partial charge in [0.15, 0.2) is 0 Å². The van der Waals surface area contributed by atoms with Crippen LogP contribution in [0.1, 0.15) is 5.56 Å². The van der Waals surface area contributed by atoms with Crippen LogP contribution < -0.4 is 10.5 Å². The van der Waals surface area contributed by atoms with Crippen LogP contribution in [0.3, 0.4) is 0 Å². The van der Waals surface area contributed by atoms with Crippen molar-refractivity contribution in [2.24, 2.45) is 0 Å². The lowest BCUT2D eigenvalue weighted by atomic mass is 10.2. The van der Waals surface area contributed by atoms with Gasteiger partial charge in [0.05, 0.1) is 23.7 Å². The SMILES string of the molecule is COc1nc(N)c(-c2nc3ccccc3[nH]2)cc1C#N. The maximum Gasteiger partial charge on any atom is 0.233 e. The summed E-state index contributed by atoms with van der Waals surface area (Å²) in [5, 5.41) is 9.11. The molecule has 0 spiro atoms. The maximum absolute atomic E-state index is 9.11. The fourth-order valence-electron chi connectivity index (χ4n) is 2.02. The zero-order valence-electron chi connectivity index (χ0n) is 10.7. The van der Waals surface area contributed by atoms with Crippen LogP contribution >= 0.6 is 0 Å². The fraction of sp³-hybridized carbons (Fsp3) is 0.0714. The van der Waals surface area contributed by atoms with Gasteiger partial charge in [-0.25, -0.2) is 4.98 Å². The van der Waals surface area contributed by atoms with Gasteiger partial charge in [0, 0.05) is 0 Å². The number of aromatic amines is 1. The third-order valence-electron chi connectivity index (χ3n) is 2.98. The summed E-state index contributed by atoms with van der Waals surface area (Å²) < 4.78 is 5.02. The maximum atomic E-state index is 9.11. The topological polar surface area (TPSA) is 101 Å². The second-order valence-corrected chi connectivity index (χ2v) is 4.19. The van der Waals surface area contributed by atoms with Crippen molar-refractivity contribution in [1.82, 2.24) is 15.0 Å².